The number of hydrogen-bond acceptors (Lipinski definition) is 17. The van der Waals surface area contributed by atoms with Gasteiger partial charge < -0.3 is 38.4 Å². The van der Waals surface area contributed by atoms with Gasteiger partial charge in [0.1, 0.15) is 22.7 Å². The lowest BCUT2D eigenvalue weighted by Gasteiger charge is -2.18. The summed E-state index contributed by atoms with van der Waals surface area (Å²) in [5.74, 6) is 4.35. The van der Waals surface area contributed by atoms with Crippen LogP contribution in [0.3, 0.4) is 0 Å². The molecule has 2 aromatic carbocycles. The number of aliphatic hydroxyl groups is 1. The van der Waals surface area contributed by atoms with Crippen molar-refractivity contribution in [2.24, 2.45) is 16.7 Å². The summed E-state index contributed by atoms with van der Waals surface area (Å²) >= 11 is 0. The van der Waals surface area contributed by atoms with Crippen molar-refractivity contribution in [1.82, 2.24) is 9.97 Å². The van der Waals surface area contributed by atoms with E-state index in [-0.39, 0.29) is 41.7 Å². The van der Waals surface area contributed by atoms with E-state index in [0.717, 1.165) is 17.2 Å². The molecule has 1 aliphatic heterocycles. The van der Waals surface area contributed by atoms with Gasteiger partial charge in [0.25, 0.3) is 5.78 Å². The Morgan fingerprint density at radius 3 is 1.75 bits per heavy atom. The second kappa shape index (κ2) is 21.7. The number of hydrogen-bond donors (Lipinski definition) is 3. The first-order valence-corrected chi connectivity index (χ1v) is 17.8. The maximum absolute atomic E-state index is 12.2. The van der Waals surface area contributed by atoms with Crippen LogP contribution < -0.4 is 11.7 Å². The lowest BCUT2D eigenvalue weighted by Crippen LogP contribution is -2.28. The number of aliphatic hydroxyl groups excluding tert-OH is 1. The predicted octanol–water partition coefficient (Wildman–Crippen LogP) is 5.02. The number of aliphatic imine (C=N–C) groups is 1. The number of nitrogens with zero attached hydrogens (tertiary/aromatic N) is 3. The third kappa shape index (κ3) is 14.6. The van der Waals surface area contributed by atoms with E-state index in [4.69, 9.17) is 27.8 Å². The highest BCUT2D eigenvalue weighted by atomic mass is 16.6. The lowest BCUT2D eigenvalue weighted by molar-refractivity contribution is -0.160. The average molecular weight is 820 g/mol. The van der Waals surface area contributed by atoms with Crippen molar-refractivity contribution in [2.75, 3.05) is 19.8 Å². The van der Waals surface area contributed by atoms with Crippen LogP contribution in [0, 0.1) is 0 Å². The van der Waals surface area contributed by atoms with Crippen molar-refractivity contribution >= 4 is 46.7 Å². The molecule has 0 aliphatic carbocycles. The van der Waals surface area contributed by atoms with Crippen LogP contribution >= 0.6 is 0 Å². The minimum absolute atomic E-state index is 0. The van der Waals surface area contributed by atoms with Gasteiger partial charge in [0.05, 0.1) is 32.2 Å². The number of carbonyl (C=O) groups excluding carboxylic acids is 5. The molecule has 0 saturated heterocycles. The molecular weight excluding hydrogens is 770 g/mol. The minimum atomic E-state index is -1.07. The SMILES string of the molecule is CCOC(=O)c1cnc(-c2cccc(C(O)=CC(=O)C(=O)OC(C)(C)C)c2)o1.CCOC(=O)c1cnc(-c2cccc(C3=CC(C(=O)OC(C)(C)C)=NC3)c2)o1.NN.O. The summed E-state index contributed by atoms with van der Waals surface area (Å²) in [5, 5.41) is 10.2. The highest BCUT2D eigenvalue weighted by molar-refractivity contribution is 6.43. The highest BCUT2D eigenvalue weighted by Gasteiger charge is 2.25. The fraction of sp³-hybridized carbons (Fsp3) is 0.317. The number of ether oxygens (including phenoxy) is 4. The summed E-state index contributed by atoms with van der Waals surface area (Å²) < 4.78 is 30.9. The first kappa shape index (κ1) is 48.4. The number of ketones is 1. The molecule has 0 radical (unpaired) electrons. The first-order chi connectivity index (χ1) is 27.4. The summed E-state index contributed by atoms with van der Waals surface area (Å²) in [6, 6.07) is 13.7. The molecule has 2 aromatic heterocycles. The summed E-state index contributed by atoms with van der Waals surface area (Å²) in [6.45, 7) is 14.6. The van der Waals surface area contributed by atoms with E-state index < -0.39 is 46.6 Å². The van der Waals surface area contributed by atoms with Gasteiger partial charge in [-0.15, -0.1) is 0 Å². The van der Waals surface area contributed by atoms with Gasteiger partial charge in [-0.2, -0.15) is 0 Å². The van der Waals surface area contributed by atoms with E-state index in [1.807, 2.05) is 45.0 Å². The highest BCUT2D eigenvalue weighted by Crippen LogP contribution is 2.27. The van der Waals surface area contributed by atoms with Gasteiger partial charge in [-0.25, -0.2) is 29.1 Å². The molecule has 0 unspecified atom stereocenters. The number of aromatic nitrogens is 2. The molecule has 0 spiro atoms. The second-order valence-corrected chi connectivity index (χ2v) is 13.9. The first-order valence-electron chi connectivity index (χ1n) is 17.8. The van der Waals surface area contributed by atoms with Crippen LogP contribution in [-0.4, -0.2) is 86.9 Å². The molecule has 0 saturated carbocycles. The molecule has 0 amide bonds. The van der Waals surface area contributed by atoms with Crippen molar-refractivity contribution in [3.63, 3.8) is 0 Å². The Morgan fingerprint density at radius 2 is 1.24 bits per heavy atom. The lowest BCUT2D eigenvalue weighted by atomic mass is 10.0. The molecule has 316 valence electrons. The molecule has 1 aliphatic rings. The minimum Gasteiger partial charge on any atom is -0.507 e. The maximum Gasteiger partial charge on any atom is 0.379 e. The molecule has 0 fully saturated rings. The van der Waals surface area contributed by atoms with E-state index in [2.05, 4.69) is 26.6 Å². The molecule has 0 atom stereocenters. The van der Waals surface area contributed by atoms with Crippen LogP contribution in [0.5, 0.6) is 0 Å². The molecular formula is C41H49N5O13. The van der Waals surface area contributed by atoms with Crippen molar-refractivity contribution in [1.29, 1.82) is 0 Å². The Hall–Kier alpha value is -6.76. The van der Waals surface area contributed by atoms with E-state index in [1.165, 1.54) is 24.5 Å². The van der Waals surface area contributed by atoms with Crippen molar-refractivity contribution in [2.45, 2.75) is 66.6 Å². The third-order valence-electron chi connectivity index (χ3n) is 7.06. The summed E-state index contributed by atoms with van der Waals surface area (Å²) in [5.41, 5.74) is 2.10. The number of carbonyl (C=O) groups is 5. The molecule has 3 heterocycles. The number of esters is 4. The molecule has 18 heteroatoms. The molecule has 5 rings (SSSR count). The zero-order valence-corrected chi connectivity index (χ0v) is 34.0. The monoisotopic (exact) mass is 819 g/mol. The fourth-order valence-electron chi connectivity index (χ4n) is 4.72. The Balaban J connectivity index is 0.000000384. The normalized spacial score (nSPS) is 12.2. The fourth-order valence-corrected chi connectivity index (χ4v) is 4.72. The third-order valence-corrected chi connectivity index (χ3v) is 7.06. The van der Waals surface area contributed by atoms with E-state index in [1.54, 1.807) is 52.8 Å². The molecule has 7 N–H and O–H groups in total. The van der Waals surface area contributed by atoms with Crippen LogP contribution in [0.1, 0.15) is 87.6 Å². The number of benzene rings is 2. The van der Waals surface area contributed by atoms with Crippen LogP contribution in [0.15, 0.2) is 86.9 Å². The van der Waals surface area contributed by atoms with Gasteiger partial charge in [-0.1, -0.05) is 24.3 Å². The zero-order chi connectivity index (χ0) is 43.2. The number of rotatable bonds is 11. The van der Waals surface area contributed by atoms with Crippen LogP contribution in [0.25, 0.3) is 34.2 Å². The molecule has 4 aromatic rings. The number of oxazole rings is 2. The van der Waals surface area contributed by atoms with Crippen LogP contribution in [-0.2, 0) is 33.3 Å². The largest absolute Gasteiger partial charge is 0.507 e. The Bertz CT molecular complexity index is 2100. The standard InChI is InChI=1S/C21H22N2O5.C20H21NO7.H4N2.H2O/c1-5-26-20(25)17-12-23-18(27-17)14-8-6-7-13(9-14)15-10-16(22-11-15)19(24)28-21(2,3)4;1-5-26-19(25)16-11-21-17(27-16)13-8-6-7-12(9-13)14(22)10-15(23)18(24)28-20(2,3)4;1-2;/h6-10,12H,5,11H2,1-4H3;6-11,22H,5H2,1-4H3;1-2H2;1H2. The Kier molecular flexibility index (Phi) is 17.8. The summed E-state index contributed by atoms with van der Waals surface area (Å²) in [7, 11) is 0. The van der Waals surface area contributed by atoms with Crippen molar-refractivity contribution in [3.8, 4) is 22.9 Å². The van der Waals surface area contributed by atoms with Gasteiger partial charge >= 0.3 is 23.9 Å². The Labute approximate surface area is 340 Å². The summed E-state index contributed by atoms with van der Waals surface area (Å²) in [4.78, 5) is 71.7. The van der Waals surface area contributed by atoms with Crippen LogP contribution in [0.4, 0.5) is 0 Å². The van der Waals surface area contributed by atoms with Crippen molar-refractivity contribution in [3.05, 3.63) is 95.7 Å². The van der Waals surface area contributed by atoms with Gasteiger partial charge in [0.2, 0.25) is 23.3 Å². The Morgan fingerprint density at radius 1 is 0.746 bits per heavy atom. The molecule has 59 heavy (non-hydrogen) atoms. The van der Waals surface area contributed by atoms with Gasteiger partial charge in [0.15, 0.2) is 0 Å². The zero-order valence-electron chi connectivity index (χ0n) is 34.0. The van der Waals surface area contributed by atoms with E-state index in [9.17, 15) is 29.1 Å². The van der Waals surface area contributed by atoms with Gasteiger partial charge in [0, 0.05) is 22.8 Å². The topological polar surface area (TPSA) is 290 Å². The second-order valence-electron chi connectivity index (χ2n) is 13.9. The van der Waals surface area contributed by atoms with Crippen LogP contribution in [0.2, 0.25) is 0 Å². The van der Waals surface area contributed by atoms with Crippen molar-refractivity contribution < 1.29 is 62.3 Å². The average Bonchev–Trinajstić information content (AvgIpc) is 3.97. The molecule has 18 nitrogen and oxygen atoms in total. The molecule has 0 bridgehead atoms. The summed E-state index contributed by atoms with van der Waals surface area (Å²) in [6.07, 6.45) is 5.10. The maximum atomic E-state index is 12.2. The van der Waals surface area contributed by atoms with E-state index in [0.29, 0.717) is 29.3 Å². The predicted molar refractivity (Wildman–Crippen MR) is 215 cm³/mol. The number of nitrogens with two attached hydrogens (primary N) is 2. The quantitative estimate of drug-likeness (QED) is 0.0340. The number of hydrazine groups is 1. The van der Waals surface area contributed by atoms with Gasteiger partial charge in [-0.3, -0.25) is 21.5 Å². The van der Waals surface area contributed by atoms with Gasteiger partial charge in [-0.05, 0) is 96.9 Å². The van der Waals surface area contributed by atoms with E-state index >= 15 is 0 Å². The smallest absolute Gasteiger partial charge is 0.379 e.